The fourth-order valence-corrected chi connectivity index (χ4v) is 2.42. The topological polar surface area (TPSA) is 105 Å². The van der Waals surface area contributed by atoms with Gasteiger partial charge in [-0.25, -0.2) is 5.43 Å². The zero-order valence-electron chi connectivity index (χ0n) is 12.9. The van der Waals surface area contributed by atoms with E-state index >= 15 is 0 Å². The smallest absolute Gasteiger partial charge is 0.282 e. The first-order chi connectivity index (χ1) is 12.1. The van der Waals surface area contributed by atoms with E-state index in [1.54, 1.807) is 18.2 Å². The molecule has 0 saturated heterocycles. The minimum atomic E-state index is -0.705. The van der Waals surface area contributed by atoms with E-state index in [9.17, 15) is 20.0 Å². The van der Waals surface area contributed by atoms with Gasteiger partial charge in [-0.2, -0.15) is 5.10 Å². The van der Waals surface area contributed by atoms with Crippen molar-refractivity contribution in [1.29, 1.82) is 0 Å². The van der Waals surface area contributed by atoms with Crippen molar-refractivity contribution in [2.45, 2.75) is 0 Å². The molecule has 0 aromatic heterocycles. The maximum Gasteiger partial charge on any atom is 0.282 e. The van der Waals surface area contributed by atoms with Crippen molar-refractivity contribution >= 4 is 28.6 Å². The number of nitro groups is 1. The van der Waals surface area contributed by atoms with Gasteiger partial charge >= 0.3 is 0 Å². The molecule has 25 heavy (non-hydrogen) atoms. The largest absolute Gasteiger partial charge is 0.507 e. The number of amides is 1. The number of rotatable bonds is 4. The molecule has 2 N–H and O–H groups in total. The number of aromatic hydroxyl groups is 1. The molecule has 3 rings (SSSR count). The molecule has 0 radical (unpaired) electrons. The lowest BCUT2D eigenvalue weighted by Gasteiger charge is -2.04. The number of hydrazone groups is 1. The summed E-state index contributed by atoms with van der Waals surface area (Å²) in [4.78, 5) is 22.4. The van der Waals surface area contributed by atoms with E-state index < -0.39 is 10.8 Å². The van der Waals surface area contributed by atoms with Crippen LogP contribution in [0.1, 0.15) is 15.9 Å². The van der Waals surface area contributed by atoms with Gasteiger partial charge in [-0.1, -0.05) is 42.5 Å². The quantitative estimate of drug-likeness (QED) is 0.434. The number of nitrogens with zero attached hydrogens (tertiary/aromatic N) is 2. The van der Waals surface area contributed by atoms with E-state index in [-0.39, 0.29) is 17.0 Å². The second-order valence-electron chi connectivity index (χ2n) is 5.20. The van der Waals surface area contributed by atoms with Crippen LogP contribution < -0.4 is 5.43 Å². The summed E-state index contributed by atoms with van der Waals surface area (Å²) >= 11 is 0. The number of hydrogen-bond donors (Lipinski definition) is 2. The van der Waals surface area contributed by atoms with Gasteiger partial charge in [-0.15, -0.1) is 0 Å². The van der Waals surface area contributed by atoms with Gasteiger partial charge in [0.05, 0.1) is 11.1 Å². The number of nitrogens with one attached hydrogen (secondary N) is 1. The molecule has 7 nitrogen and oxygen atoms in total. The Labute approximate surface area is 142 Å². The highest BCUT2D eigenvalue weighted by Gasteiger charge is 2.18. The minimum Gasteiger partial charge on any atom is -0.507 e. The molecule has 3 aromatic carbocycles. The lowest BCUT2D eigenvalue weighted by Crippen LogP contribution is -2.18. The maximum absolute atomic E-state index is 12.1. The third-order valence-electron chi connectivity index (χ3n) is 3.65. The minimum absolute atomic E-state index is 0.0433. The number of phenols is 1. The molecule has 0 aliphatic rings. The first kappa shape index (κ1) is 16.1. The van der Waals surface area contributed by atoms with Crippen molar-refractivity contribution in [2.75, 3.05) is 0 Å². The van der Waals surface area contributed by atoms with Crippen LogP contribution in [0, 0.1) is 10.1 Å². The summed E-state index contributed by atoms with van der Waals surface area (Å²) in [6, 6.07) is 16.4. The van der Waals surface area contributed by atoms with Crippen LogP contribution in [0.25, 0.3) is 10.8 Å². The van der Waals surface area contributed by atoms with E-state index in [4.69, 9.17) is 0 Å². The summed E-state index contributed by atoms with van der Waals surface area (Å²) in [5, 5.41) is 26.5. The van der Waals surface area contributed by atoms with Gasteiger partial charge in [-0.05, 0) is 17.5 Å². The highest BCUT2D eigenvalue weighted by Crippen LogP contribution is 2.27. The second-order valence-corrected chi connectivity index (χ2v) is 5.20. The molecular formula is C18H13N3O4. The van der Waals surface area contributed by atoms with Gasteiger partial charge in [0.15, 0.2) is 0 Å². The predicted molar refractivity (Wildman–Crippen MR) is 93.8 cm³/mol. The van der Waals surface area contributed by atoms with Gasteiger partial charge in [0, 0.05) is 17.0 Å². The van der Waals surface area contributed by atoms with Crippen LogP contribution in [0.15, 0.2) is 65.8 Å². The monoisotopic (exact) mass is 335 g/mol. The van der Waals surface area contributed by atoms with Crippen molar-refractivity contribution in [3.8, 4) is 5.75 Å². The SMILES string of the molecule is O=C(N/N=C/c1ccc2ccccc2c1O)c1ccccc1[N+](=O)[O-]. The van der Waals surface area contributed by atoms with E-state index in [0.717, 1.165) is 5.39 Å². The van der Waals surface area contributed by atoms with E-state index in [1.165, 1.54) is 30.5 Å². The number of carbonyl (C=O) groups is 1. The molecule has 0 atom stereocenters. The van der Waals surface area contributed by atoms with Crippen LogP contribution in [0.5, 0.6) is 5.75 Å². The Balaban J connectivity index is 1.81. The van der Waals surface area contributed by atoms with E-state index in [0.29, 0.717) is 10.9 Å². The van der Waals surface area contributed by atoms with Crippen LogP contribution in [0.3, 0.4) is 0 Å². The van der Waals surface area contributed by atoms with Crippen molar-refractivity contribution in [2.24, 2.45) is 5.10 Å². The number of benzene rings is 3. The third-order valence-corrected chi connectivity index (χ3v) is 3.65. The number of carbonyl (C=O) groups excluding carboxylic acids is 1. The number of hydrogen-bond acceptors (Lipinski definition) is 5. The fourth-order valence-electron chi connectivity index (χ4n) is 2.42. The lowest BCUT2D eigenvalue weighted by molar-refractivity contribution is -0.385. The van der Waals surface area contributed by atoms with Gasteiger partial charge in [0.25, 0.3) is 11.6 Å². The maximum atomic E-state index is 12.1. The Kier molecular flexibility index (Phi) is 4.38. The van der Waals surface area contributed by atoms with Gasteiger partial charge in [-0.3, -0.25) is 14.9 Å². The molecule has 3 aromatic rings. The first-order valence-electron chi connectivity index (χ1n) is 7.35. The predicted octanol–water partition coefficient (Wildman–Crippen LogP) is 3.22. The van der Waals surface area contributed by atoms with Crippen molar-refractivity contribution in [3.63, 3.8) is 0 Å². The third kappa shape index (κ3) is 3.30. The Morgan fingerprint density at radius 1 is 1.08 bits per heavy atom. The lowest BCUT2D eigenvalue weighted by atomic mass is 10.1. The summed E-state index contributed by atoms with van der Waals surface area (Å²) in [7, 11) is 0. The zero-order chi connectivity index (χ0) is 17.8. The molecule has 7 heteroatoms. The molecular weight excluding hydrogens is 322 g/mol. The molecule has 0 aliphatic carbocycles. The second kappa shape index (κ2) is 6.79. The number of fused-ring (bicyclic) bond motifs is 1. The number of phenolic OH excluding ortho intramolecular Hbond substituents is 1. The van der Waals surface area contributed by atoms with Crippen molar-refractivity contribution in [3.05, 3.63) is 81.9 Å². The number of para-hydroxylation sites is 1. The molecule has 0 heterocycles. The Bertz CT molecular complexity index is 999. The highest BCUT2D eigenvalue weighted by molar-refractivity contribution is 6.00. The van der Waals surface area contributed by atoms with Crippen LogP contribution in [0.2, 0.25) is 0 Å². The molecule has 0 aliphatic heterocycles. The molecule has 124 valence electrons. The molecule has 0 saturated carbocycles. The average Bonchev–Trinajstić information content (AvgIpc) is 2.63. The zero-order valence-corrected chi connectivity index (χ0v) is 12.9. The molecule has 0 spiro atoms. The fraction of sp³-hybridized carbons (Fsp3) is 0. The molecule has 1 amide bonds. The Hall–Kier alpha value is -3.74. The van der Waals surface area contributed by atoms with Crippen LogP contribution in [0.4, 0.5) is 5.69 Å². The Morgan fingerprint density at radius 2 is 1.80 bits per heavy atom. The van der Waals surface area contributed by atoms with E-state index in [2.05, 4.69) is 10.5 Å². The highest BCUT2D eigenvalue weighted by atomic mass is 16.6. The Morgan fingerprint density at radius 3 is 2.60 bits per heavy atom. The standard InChI is InChI=1S/C18H13N3O4/c22-17-13(10-9-12-5-1-2-6-14(12)17)11-19-20-18(23)15-7-3-4-8-16(15)21(24)25/h1-11,22H,(H,20,23)/b19-11+. The van der Waals surface area contributed by atoms with Gasteiger partial charge < -0.3 is 5.11 Å². The average molecular weight is 335 g/mol. The summed E-state index contributed by atoms with van der Waals surface area (Å²) < 4.78 is 0. The normalized spacial score (nSPS) is 10.9. The molecule has 0 unspecified atom stereocenters. The van der Waals surface area contributed by atoms with Crippen LogP contribution in [-0.2, 0) is 0 Å². The van der Waals surface area contributed by atoms with Crippen molar-refractivity contribution in [1.82, 2.24) is 5.43 Å². The van der Waals surface area contributed by atoms with Crippen molar-refractivity contribution < 1.29 is 14.8 Å². The summed E-state index contributed by atoms with van der Waals surface area (Å²) in [6.07, 6.45) is 1.29. The summed E-state index contributed by atoms with van der Waals surface area (Å²) in [5.74, 6) is -0.661. The van der Waals surface area contributed by atoms with Gasteiger partial charge in [0.2, 0.25) is 0 Å². The summed E-state index contributed by atoms with van der Waals surface area (Å²) in [6.45, 7) is 0. The van der Waals surface area contributed by atoms with Crippen LogP contribution >= 0.6 is 0 Å². The first-order valence-corrected chi connectivity index (χ1v) is 7.35. The molecule has 0 fully saturated rings. The van der Waals surface area contributed by atoms with Gasteiger partial charge in [0.1, 0.15) is 11.3 Å². The van der Waals surface area contributed by atoms with Crippen LogP contribution in [-0.4, -0.2) is 22.2 Å². The number of nitro benzene ring substituents is 1. The molecule has 0 bridgehead atoms. The van der Waals surface area contributed by atoms with E-state index in [1.807, 2.05) is 18.2 Å². The summed E-state index contributed by atoms with van der Waals surface area (Å²) in [5.41, 5.74) is 2.26.